The molecule has 14 heavy (non-hydrogen) atoms. The number of alkyl halides is 1. The minimum absolute atomic E-state index is 0.359. The zero-order valence-corrected chi connectivity index (χ0v) is 8.88. The summed E-state index contributed by atoms with van der Waals surface area (Å²) in [4.78, 5) is 4.14. The maximum Gasteiger partial charge on any atom is 0.153 e. The molecule has 6 heteroatoms. The normalized spacial score (nSPS) is 10.7. The van der Waals surface area contributed by atoms with Crippen LogP contribution in [0.2, 0.25) is 0 Å². The number of rotatable bonds is 7. The first-order chi connectivity index (χ1) is 6.86. The van der Waals surface area contributed by atoms with Crippen molar-refractivity contribution in [1.82, 2.24) is 15.2 Å². The second-order valence-corrected chi connectivity index (χ2v) is 2.95. The first kappa shape index (κ1) is 11.4. The molecule has 0 unspecified atom stereocenters. The van der Waals surface area contributed by atoms with Gasteiger partial charge in [-0.2, -0.15) is 5.10 Å². The van der Waals surface area contributed by atoms with Crippen molar-refractivity contribution in [2.24, 2.45) is 0 Å². The van der Waals surface area contributed by atoms with Gasteiger partial charge in [-0.05, 0) is 0 Å². The maximum atomic E-state index is 5.56. The average molecular weight is 220 g/mol. The first-order valence-electron chi connectivity index (χ1n) is 4.39. The SMILES string of the molecule is COCCOCCc1n[nH]c(CCl)n1. The Balaban J connectivity index is 2.12. The van der Waals surface area contributed by atoms with Crippen LogP contribution in [0.1, 0.15) is 11.6 Å². The summed E-state index contributed by atoms with van der Waals surface area (Å²) in [5.74, 6) is 1.79. The van der Waals surface area contributed by atoms with Crippen LogP contribution in [0.4, 0.5) is 0 Å². The van der Waals surface area contributed by atoms with E-state index in [1.54, 1.807) is 7.11 Å². The maximum absolute atomic E-state index is 5.56. The number of methoxy groups -OCH3 is 1. The molecular formula is C8H14ClN3O2. The van der Waals surface area contributed by atoms with Crippen molar-refractivity contribution in [3.8, 4) is 0 Å². The van der Waals surface area contributed by atoms with Crippen molar-refractivity contribution in [2.45, 2.75) is 12.3 Å². The molecule has 0 aliphatic carbocycles. The molecule has 80 valence electrons. The van der Waals surface area contributed by atoms with Gasteiger partial charge in [0.05, 0.1) is 25.7 Å². The fraction of sp³-hybridized carbons (Fsp3) is 0.750. The molecule has 0 amide bonds. The average Bonchev–Trinajstić information content (AvgIpc) is 2.65. The van der Waals surface area contributed by atoms with Gasteiger partial charge in [0.1, 0.15) is 5.82 Å². The molecular weight excluding hydrogens is 206 g/mol. The van der Waals surface area contributed by atoms with Crippen molar-refractivity contribution < 1.29 is 9.47 Å². The largest absolute Gasteiger partial charge is 0.382 e. The number of aromatic amines is 1. The van der Waals surface area contributed by atoms with Gasteiger partial charge in [-0.25, -0.2) is 4.98 Å². The highest BCUT2D eigenvalue weighted by Gasteiger charge is 2.01. The molecule has 0 aliphatic heterocycles. The van der Waals surface area contributed by atoms with E-state index in [4.69, 9.17) is 21.1 Å². The first-order valence-corrected chi connectivity index (χ1v) is 4.93. The number of halogens is 1. The zero-order valence-electron chi connectivity index (χ0n) is 8.12. The van der Waals surface area contributed by atoms with Crippen molar-refractivity contribution in [3.05, 3.63) is 11.6 Å². The predicted molar refractivity (Wildman–Crippen MR) is 52.3 cm³/mol. The van der Waals surface area contributed by atoms with Crippen LogP contribution in [-0.4, -0.2) is 42.1 Å². The zero-order chi connectivity index (χ0) is 10.2. The van der Waals surface area contributed by atoms with E-state index >= 15 is 0 Å². The van der Waals surface area contributed by atoms with E-state index in [-0.39, 0.29) is 0 Å². The van der Waals surface area contributed by atoms with Gasteiger partial charge in [0, 0.05) is 13.5 Å². The van der Waals surface area contributed by atoms with E-state index in [9.17, 15) is 0 Å². The highest BCUT2D eigenvalue weighted by atomic mass is 35.5. The highest BCUT2D eigenvalue weighted by Crippen LogP contribution is 1.97. The molecule has 0 atom stereocenters. The van der Waals surface area contributed by atoms with Crippen molar-refractivity contribution in [1.29, 1.82) is 0 Å². The van der Waals surface area contributed by atoms with Gasteiger partial charge in [-0.1, -0.05) is 0 Å². The van der Waals surface area contributed by atoms with Crippen LogP contribution in [0.5, 0.6) is 0 Å². The summed E-state index contributed by atoms with van der Waals surface area (Å²) in [6.07, 6.45) is 0.692. The van der Waals surface area contributed by atoms with Gasteiger partial charge in [0.25, 0.3) is 0 Å². The smallest absolute Gasteiger partial charge is 0.153 e. The summed E-state index contributed by atoms with van der Waals surface area (Å²) in [6, 6.07) is 0. The minimum Gasteiger partial charge on any atom is -0.382 e. The van der Waals surface area contributed by atoms with Crippen LogP contribution in [0.15, 0.2) is 0 Å². The summed E-state index contributed by atoms with van der Waals surface area (Å²) in [5, 5.41) is 6.71. The number of ether oxygens (including phenoxy) is 2. The highest BCUT2D eigenvalue weighted by molar-refractivity contribution is 6.16. The van der Waals surface area contributed by atoms with E-state index < -0.39 is 0 Å². The molecule has 1 heterocycles. The predicted octanol–water partition coefficient (Wildman–Crippen LogP) is 0.749. The molecule has 0 spiro atoms. The third kappa shape index (κ3) is 4.04. The third-order valence-electron chi connectivity index (χ3n) is 1.61. The lowest BCUT2D eigenvalue weighted by Crippen LogP contribution is -2.05. The lowest BCUT2D eigenvalue weighted by Gasteiger charge is -2.00. The summed E-state index contributed by atoms with van der Waals surface area (Å²) in [5.41, 5.74) is 0. The van der Waals surface area contributed by atoms with Crippen molar-refractivity contribution in [3.63, 3.8) is 0 Å². The molecule has 0 saturated carbocycles. The van der Waals surface area contributed by atoms with Gasteiger partial charge >= 0.3 is 0 Å². The fourth-order valence-corrected chi connectivity index (χ4v) is 1.03. The Labute approximate surface area is 87.8 Å². The van der Waals surface area contributed by atoms with Gasteiger partial charge in [-0.15, -0.1) is 11.6 Å². The third-order valence-corrected chi connectivity index (χ3v) is 1.86. The molecule has 0 aliphatic rings. The molecule has 0 fully saturated rings. The second-order valence-electron chi connectivity index (χ2n) is 2.69. The Bertz CT molecular complexity index is 254. The standard InChI is InChI=1S/C8H14ClN3O2/c1-13-4-5-14-3-2-7-10-8(6-9)12-11-7/h2-6H2,1H3,(H,10,11,12). The molecule has 1 rings (SSSR count). The molecule has 1 aromatic heterocycles. The summed E-state index contributed by atoms with van der Waals surface area (Å²) in [7, 11) is 1.64. The summed E-state index contributed by atoms with van der Waals surface area (Å²) < 4.78 is 10.1. The van der Waals surface area contributed by atoms with Gasteiger partial charge in [0.15, 0.2) is 5.82 Å². The van der Waals surface area contributed by atoms with Crippen LogP contribution in [0.25, 0.3) is 0 Å². The summed E-state index contributed by atoms with van der Waals surface area (Å²) >= 11 is 5.56. The number of hydrogen-bond acceptors (Lipinski definition) is 4. The van der Waals surface area contributed by atoms with Crippen LogP contribution < -0.4 is 0 Å². The summed E-state index contributed by atoms with van der Waals surface area (Å²) in [6.45, 7) is 1.81. The molecule has 1 N–H and O–H groups in total. The van der Waals surface area contributed by atoms with Crippen molar-refractivity contribution >= 4 is 11.6 Å². The van der Waals surface area contributed by atoms with Gasteiger partial charge in [-0.3, -0.25) is 5.10 Å². The molecule has 1 aromatic rings. The molecule has 0 aromatic carbocycles. The van der Waals surface area contributed by atoms with Crippen LogP contribution in [0, 0.1) is 0 Å². The number of nitrogens with zero attached hydrogens (tertiary/aromatic N) is 2. The topological polar surface area (TPSA) is 60.0 Å². The molecule has 0 bridgehead atoms. The number of aromatic nitrogens is 3. The van der Waals surface area contributed by atoms with Crippen molar-refractivity contribution in [2.75, 3.05) is 26.9 Å². The Kier molecular flexibility index (Phi) is 5.51. The number of hydrogen-bond donors (Lipinski definition) is 1. The van der Waals surface area contributed by atoms with E-state index in [0.717, 1.165) is 5.82 Å². The monoisotopic (exact) mass is 219 g/mol. The van der Waals surface area contributed by atoms with Crippen LogP contribution in [0.3, 0.4) is 0 Å². The van der Waals surface area contributed by atoms with Crippen LogP contribution >= 0.6 is 11.6 Å². The van der Waals surface area contributed by atoms with E-state index in [1.165, 1.54) is 0 Å². The Morgan fingerprint density at radius 3 is 2.86 bits per heavy atom. The van der Waals surface area contributed by atoms with E-state index in [0.29, 0.717) is 37.9 Å². The second kappa shape index (κ2) is 6.75. The Morgan fingerprint density at radius 2 is 2.21 bits per heavy atom. The quantitative estimate of drug-likeness (QED) is 0.543. The number of H-pyrrole nitrogens is 1. The Morgan fingerprint density at radius 1 is 1.36 bits per heavy atom. The fourth-order valence-electron chi connectivity index (χ4n) is 0.914. The lowest BCUT2D eigenvalue weighted by atomic mass is 10.4. The minimum atomic E-state index is 0.359. The molecule has 0 saturated heterocycles. The van der Waals surface area contributed by atoms with Gasteiger partial charge < -0.3 is 9.47 Å². The Hall–Kier alpha value is -0.650. The van der Waals surface area contributed by atoms with Gasteiger partial charge in [0.2, 0.25) is 0 Å². The molecule has 5 nitrogen and oxygen atoms in total. The van der Waals surface area contributed by atoms with E-state index in [2.05, 4.69) is 15.2 Å². The lowest BCUT2D eigenvalue weighted by molar-refractivity contribution is 0.0716. The van der Waals surface area contributed by atoms with Crippen LogP contribution in [-0.2, 0) is 21.8 Å². The molecule has 0 radical (unpaired) electrons. The van der Waals surface area contributed by atoms with E-state index in [1.807, 2.05) is 0 Å². The number of nitrogens with one attached hydrogen (secondary N) is 1.